The standard InChI is InChI=1S/C20H18N.C12H10N.Ir/c1-20(2,17-10-4-3-5-11-17)18-12-8-9-16(15-18)19-13-6-7-14-21-19;1-10-7-8-12(13-9-10)11-5-3-2-4-6-11;/h3-8,10-15H,1-2H3;2-5,7-9H,1H3;/q2*-1;. The minimum atomic E-state index is -0.0418. The topological polar surface area (TPSA) is 25.8 Å². The maximum Gasteiger partial charge on any atom is 0.0190 e. The molecule has 2 aromatic heterocycles. The average Bonchev–Trinajstić information content (AvgIpc) is 2.91. The van der Waals surface area contributed by atoms with Gasteiger partial charge in [0.25, 0.3) is 0 Å². The van der Waals surface area contributed by atoms with E-state index in [0.717, 1.165) is 22.5 Å². The van der Waals surface area contributed by atoms with Gasteiger partial charge in [0.1, 0.15) is 0 Å². The summed E-state index contributed by atoms with van der Waals surface area (Å²) in [7, 11) is 0. The molecule has 0 atom stereocenters. The third-order valence-corrected chi connectivity index (χ3v) is 5.86. The number of nitrogens with zero attached hydrogens (tertiary/aromatic N) is 2. The predicted octanol–water partition coefficient (Wildman–Crippen LogP) is 7.73. The zero-order valence-electron chi connectivity index (χ0n) is 20.2. The van der Waals surface area contributed by atoms with Gasteiger partial charge in [-0.05, 0) is 40.9 Å². The van der Waals surface area contributed by atoms with E-state index in [4.69, 9.17) is 0 Å². The van der Waals surface area contributed by atoms with Gasteiger partial charge in [0.2, 0.25) is 0 Å². The summed E-state index contributed by atoms with van der Waals surface area (Å²) in [5.41, 5.74) is 7.74. The van der Waals surface area contributed by atoms with Gasteiger partial charge in [-0.3, -0.25) is 0 Å². The van der Waals surface area contributed by atoms with Crippen LogP contribution in [0.1, 0.15) is 30.5 Å². The van der Waals surface area contributed by atoms with E-state index in [-0.39, 0.29) is 25.5 Å². The summed E-state index contributed by atoms with van der Waals surface area (Å²) in [5, 5.41) is 0. The van der Waals surface area contributed by atoms with Crippen molar-refractivity contribution >= 4 is 0 Å². The van der Waals surface area contributed by atoms with E-state index in [1.165, 1.54) is 16.7 Å². The van der Waals surface area contributed by atoms with E-state index in [2.05, 4.69) is 84.5 Å². The van der Waals surface area contributed by atoms with Gasteiger partial charge in [-0.1, -0.05) is 68.4 Å². The minimum absolute atomic E-state index is 0. The molecule has 1 radical (unpaired) electrons. The van der Waals surface area contributed by atoms with Crippen molar-refractivity contribution in [3.63, 3.8) is 0 Å². The van der Waals surface area contributed by atoms with E-state index in [1.54, 1.807) is 0 Å². The van der Waals surface area contributed by atoms with Crippen LogP contribution < -0.4 is 0 Å². The van der Waals surface area contributed by atoms with Gasteiger partial charge in [-0.2, -0.15) is 0 Å². The Labute approximate surface area is 222 Å². The fourth-order valence-corrected chi connectivity index (χ4v) is 3.73. The molecule has 5 aromatic rings. The second-order valence-electron chi connectivity index (χ2n) is 8.69. The first kappa shape index (κ1) is 26.2. The van der Waals surface area contributed by atoms with Crippen LogP contribution in [0.4, 0.5) is 0 Å². The number of pyridine rings is 2. The van der Waals surface area contributed by atoms with Crippen molar-refractivity contribution in [1.29, 1.82) is 0 Å². The van der Waals surface area contributed by atoms with Gasteiger partial charge in [0.15, 0.2) is 0 Å². The number of rotatable bonds is 4. The van der Waals surface area contributed by atoms with Crippen molar-refractivity contribution in [2.45, 2.75) is 26.2 Å². The van der Waals surface area contributed by atoms with Gasteiger partial charge in [-0.15, -0.1) is 71.3 Å². The van der Waals surface area contributed by atoms with Crippen LogP contribution in [0, 0.1) is 19.1 Å². The molecule has 0 unspecified atom stereocenters. The SMILES string of the molecule is CC(C)(c1ccccc1)c1cc[c-]c(-c2ccccn2)c1.Cc1ccc(-c2[c-]cccc2)nc1.[Ir]. The summed E-state index contributed by atoms with van der Waals surface area (Å²) in [5.74, 6) is 0. The molecule has 0 fully saturated rings. The zero-order chi connectivity index (χ0) is 23.8. The van der Waals surface area contributed by atoms with Crippen molar-refractivity contribution in [3.05, 3.63) is 144 Å². The Hall–Kier alpha value is -3.39. The molecular weight excluding hydrogens is 605 g/mol. The molecule has 0 aliphatic rings. The molecule has 3 heteroatoms. The quantitative estimate of drug-likeness (QED) is 0.190. The Kier molecular flexibility index (Phi) is 9.25. The van der Waals surface area contributed by atoms with E-state index in [9.17, 15) is 0 Å². The van der Waals surface area contributed by atoms with E-state index in [0.29, 0.717) is 0 Å². The van der Waals surface area contributed by atoms with E-state index >= 15 is 0 Å². The molecule has 5 rings (SSSR count). The molecule has 3 aromatic carbocycles. The maximum atomic E-state index is 4.41. The first-order valence-electron chi connectivity index (χ1n) is 11.4. The number of hydrogen-bond acceptors (Lipinski definition) is 2. The monoisotopic (exact) mass is 633 g/mol. The van der Waals surface area contributed by atoms with Crippen LogP contribution in [0.15, 0.2) is 116 Å². The molecular formula is C32H28IrN2-2. The van der Waals surface area contributed by atoms with Gasteiger partial charge in [0.05, 0.1) is 0 Å². The third-order valence-electron chi connectivity index (χ3n) is 5.86. The zero-order valence-corrected chi connectivity index (χ0v) is 22.6. The summed E-state index contributed by atoms with van der Waals surface area (Å²) >= 11 is 0. The first-order valence-corrected chi connectivity index (χ1v) is 11.4. The molecule has 0 bridgehead atoms. The summed E-state index contributed by atoms with van der Waals surface area (Å²) in [6.45, 7) is 6.53. The summed E-state index contributed by atoms with van der Waals surface area (Å²) < 4.78 is 0. The smallest absolute Gasteiger partial charge is 0.0190 e. The second kappa shape index (κ2) is 12.4. The average molecular weight is 633 g/mol. The Balaban J connectivity index is 0.000000211. The first-order chi connectivity index (χ1) is 16.5. The Morgan fingerprint density at radius 1 is 0.629 bits per heavy atom. The van der Waals surface area contributed by atoms with Crippen LogP contribution in [0.25, 0.3) is 22.5 Å². The van der Waals surface area contributed by atoms with Gasteiger partial charge in [0, 0.05) is 32.5 Å². The molecule has 0 saturated heterocycles. The Morgan fingerprint density at radius 2 is 1.34 bits per heavy atom. The predicted molar refractivity (Wildman–Crippen MR) is 140 cm³/mol. The van der Waals surface area contributed by atoms with E-state index in [1.807, 2.05) is 73.9 Å². The molecule has 177 valence electrons. The summed E-state index contributed by atoms with van der Waals surface area (Å²) in [4.78, 5) is 8.73. The molecule has 2 heterocycles. The number of aryl methyl sites for hydroxylation is 1. The molecule has 35 heavy (non-hydrogen) atoms. The molecule has 0 N–H and O–H groups in total. The van der Waals surface area contributed by atoms with Crippen molar-refractivity contribution in [2.75, 3.05) is 0 Å². The second-order valence-corrected chi connectivity index (χ2v) is 8.69. The largest absolute Gasteiger partial charge is 0.305 e. The molecule has 0 aliphatic heterocycles. The van der Waals surface area contributed by atoms with Gasteiger partial charge < -0.3 is 9.97 Å². The number of hydrogen-bond donors (Lipinski definition) is 0. The van der Waals surface area contributed by atoms with E-state index < -0.39 is 0 Å². The molecule has 0 saturated carbocycles. The fourth-order valence-electron chi connectivity index (χ4n) is 3.73. The summed E-state index contributed by atoms with van der Waals surface area (Å²) in [6, 6.07) is 41.2. The van der Waals surface area contributed by atoms with Crippen molar-refractivity contribution < 1.29 is 20.1 Å². The number of aromatic nitrogens is 2. The fraction of sp³-hybridized carbons (Fsp3) is 0.125. The van der Waals surface area contributed by atoms with Crippen LogP contribution in [0.5, 0.6) is 0 Å². The molecule has 0 spiro atoms. The van der Waals surface area contributed by atoms with Crippen molar-refractivity contribution in [2.24, 2.45) is 0 Å². The van der Waals surface area contributed by atoms with Crippen LogP contribution in [0.2, 0.25) is 0 Å². The maximum absolute atomic E-state index is 4.41. The Bertz CT molecular complexity index is 1300. The molecule has 0 aliphatic carbocycles. The summed E-state index contributed by atoms with van der Waals surface area (Å²) in [6.07, 6.45) is 3.69. The van der Waals surface area contributed by atoms with Crippen LogP contribution >= 0.6 is 0 Å². The van der Waals surface area contributed by atoms with Gasteiger partial charge in [-0.25, -0.2) is 0 Å². The normalized spacial score (nSPS) is 10.5. The Morgan fingerprint density at radius 3 is 2.00 bits per heavy atom. The number of benzene rings is 3. The molecule has 2 nitrogen and oxygen atoms in total. The van der Waals surface area contributed by atoms with Crippen LogP contribution in [-0.2, 0) is 25.5 Å². The van der Waals surface area contributed by atoms with Crippen molar-refractivity contribution in [1.82, 2.24) is 9.97 Å². The van der Waals surface area contributed by atoms with Crippen LogP contribution in [-0.4, -0.2) is 9.97 Å². The third kappa shape index (κ3) is 6.82. The minimum Gasteiger partial charge on any atom is -0.305 e. The molecule has 0 amide bonds. The van der Waals surface area contributed by atoms with Crippen LogP contribution in [0.3, 0.4) is 0 Å². The van der Waals surface area contributed by atoms with Gasteiger partial charge >= 0.3 is 0 Å². The van der Waals surface area contributed by atoms with Crippen molar-refractivity contribution in [3.8, 4) is 22.5 Å².